The SMILES string of the molecule is CN1CCC(OC(c2nc3ccccc3o2)c2cc(OC(F)(F)F)ccc2F)CC1.O=C(O)C(=O)O. The van der Waals surface area contributed by atoms with Gasteiger partial charge in [0.25, 0.3) is 0 Å². The second-order valence-corrected chi connectivity index (χ2v) is 7.88. The third-order valence-electron chi connectivity index (χ3n) is 5.20. The van der Waals surface area contributed by atoms with Gasteiger partial charge in [-0.25, -0.2) is 19.0 Å². The highest BCUT2D eigenvalue weighted by Crippen LogP contribution is 2.35. The van der Waals surface area contributed by atoms with Gasteiger partial charge in [-0.1, -0.05) is 12.1 Å². The lowest BCUT2D eigenvalue weighted by atomic mass is 10.1. The Labute approximate surface area is 201 Å². The van der Waals surface area contributed by atoms with Crippen molar-refractivity contribution >= 4 is 23.0 Å². The molecule has 2 N–H and O–H groups in total. The first-order valence-corrected chi connectivity index (χ1v) is 10.6. The highest BCUT2D eigenvalue weighted by atomic mass is 19.4. The van der Waals surface area contributed by atoms with Crippen molar-refractivity contribution in [3.8, 4) is 5.75 Å². The first-order chi connectivity index (χ1) is 16.9. The van der Waals surface area contributed by atoms with Crippen LogP contribution < -0.4 is 4.74 Å². The number of piperidine rings is 1. The van der Waals surface area contributed by atoms with Crippen LogP contribution in [0.3, 0.4) is 0 Å². The van der Waals surface area contributed by atoms with Crippen LogP contribution >= 0.6 is 0 Å². The molecule has 194 valence electrons. The lowest BCUT2D eigenvalue weighted by molar-refractivity contribution is -0.274. The standard InChI is InChI=1S/C21H20F4N2O3.C2H2O4/c1-27-10-8-13(9-11-27)28-19(20-26-17-4-2-3-5-18(17)29-20)15-12-14(6-7-16(15)22)30-21(23,24)25;3-1(4)2(5)6/h2-7,12-13,19H,8-11H2,1H3;(H,3,4)(H,5,6). The van der Waals surface area contributed by atoms with Gasteiger partial charge < -0.3 is 29.0 Å². The van der Waals surface area contributed by atoms with Gasteiger partial charge in [-0.15, -0.1) is 13.2 Å². The second kappa shape index (κ2) is 11.4. The molecule has 0 amide bonds. The summed E-state index contributed by atoms with van der Waals surface area (Å²) in [5.41, 5.74) is 0.905. The molecule has 1 aromatic heterocycles. The molecule has 1 unspecified atom stereocenters. The summed E-state index contributed by atoms with van der Waals surface area (Å²) in [7, 11) is 1.99. The molecule has 2 aromatic carbocycles. The summed E-state index contributed by atoms with van der Waals surface area (Å²) in [6, 6.07) is 9.81. The largest absolute Gasteiger partial charge is 0.573 e. The molecule has 4 rings (SSSR count). The summed E-state index contributed by atoms with van der Waals surface area (Å²) in [5, 5.41) is 14.8. The number of carboxylic acids is 2. The normalized spacial score (nSPS) is 15.7. The molecule has 3 aromatic rings. The van der Waals surface area contributed by atoms with Crippen molar-refractivity contribution in [2.75, 3.05) is 20.1 Å². The first-order valence-electron chi connectivity index (χ1n) is 10.6. The van der Waals surface area contributed by atoms with E-state index in [2.05, 4.69) is 14.6 Å². The molecule has 1 aliphatic rings. The Kier molecular flexibility index (Phi) is 8.48. The van der Waals surface area contributed by atoms with Crippen molar-refractivity contribution in [2.24, 2.45) is 0 Å². The molecule has 0 bridgehead atoms. The lowest BCUT2D eigenvalue weighted by Gasteiger charge is -2.31. The van der Waals surface area contributed by atoms with E-state index < -0.39 is 36.0 Å². The average Bonchev–Trinajstić information content (AvgIpc) is 3.23. The van der Waals surface area contributed by atoms with E-state index in [1.165, 1.54) is 0 Å². The average molecular weight is 514 g/mol. The summed E-state index contributed by atoms with van der Waals surface area (Å²) >= 11 is 0. The molecule has 9 nitrogen and oxygen atoms in total. The number of oxazole rings is 1. The van der Waals surface area contributed by atoms with Crippen LogP contribution in [-0.4, -0.2) is 64.6 Å². The van der Waals surface area contributed by atoms with Crippen LogP contribution in [0.5, 0.6) is 5.75 Å². The zero-order valence-corrected chi connectivity index (χ0v) is 18.9. The van der Waals surface area contributed by atoms with Gasteiger partial charge in [0, 0.05) is 18.7 Å². The number of hydrogen-bond donors (Lipinski definition) is 2. The van der Waals surface area contributed by atoms with Gasteiger partial charge in [0.05, 0.1) is 6.10 Å². The summed E-state index contributed by atoms with van der Waals surface area (Å²) in [6.07, 6.45) is -4.81. The Hall–Kier alpha value is -3.71. The molecule has 0 aliphatic carbocycles. The van der Waals surface area contributed by atoms with Crippen molar-refractivity contribution in [2.45, 2.75) is 31.4 Å². The number of para-hydroxylation sites is 2. The Balaban J connectivity index is 0.000000538. The number of carbonyl (C=O) groups is 2. The van der Waals surface area contributed by atoms with E-state index >= 15 is 0 Å². The molecule has 0 saturated carbocycles. The van der Waals surface area contributed by atoms with Crippen LogP contribution in [0, 0.1) is 5.82 Å². The molecule has 0 radical (unpaired) electrons. The number of nitrogens with zero attached hydrogens (tertiary/aromatic N) is 2. The fourth-order valence-electron chi connectivity index (χ4n) is 3.50. The number of fused-ring (bicyclic) bond motifs is 1. The van der Waals surface area contributed by atoms with Crippen molar-refractivity contribution in [3.63, 3.8) is 0 Å². The number of likely N-dealkylation sites (tertiary alicyclic amines) is 1. The fraction of sp³-hybridized carbons (Fsp3) is 0.348. The number of carboxylic acid groups (broad SMARTS) is 2. The third kappa shape index (κ3) is 7.39. The lowest BCUT2D eigenvalue weighted by Crippen LogP contribution is -2.35. The molecule has 0 spiro atoms. The van der Waals surface area contributed by atoms with Gasteiger partial charge in [0.15, 0.2) is 11.7 Å². The number of rotatable bonds is 5. The Morgan fingerprint density at radius 1 is 1.11 bits per heavy atom. The van der Waals surface area contributed by atoms with Gasteiger partial charge in [0.2, 0.25) is 5.89 Å². The minimum absolute atomic E-state index is 0.0817. The van der Waals surface area contributed by atoms with E-state index in [4.69, 9.17) is 29.0 Å². The van der Waals surface area contributed by atoms with E-state index in [0.717, 1.165) is 31.3 Å². The monoisotopic (exact) mass is 514 g/mol. The fourth-order valence-corrected chi connectivity index (χ4v) is 3.50. The minimum atomic E-state index is -4.89. The van der Waals surface area contributed by atoms with E-state index in [1.807, 2.05) is 7.05 Å². The van der Waals surface area contributed by atoms with Gasteiger partial charge in [-0.2, -0.15) is 0 Å². The predicted molar refractivity (Wildman–Crippen MR) is 116 cm³/mol. The van der Waals surface area contributed by atoms with Gasteiger partial charge >= 0.3 is 18.3 Å². The molecule has 2 heterocycles. The molecule has 1 saturated heterocycles. The van der Waals surface area contributed by atoms with Gasteiger partial charge in [-0.3, -0.25) is 0 Å². The minimum Gasteiger partial charge on any atom is -0.473 e. The molecule has 1 aliphatic heterocycles. The highest BCUT2D eigenvalue weighted by molar-refractivity contribution is 6.27. The summed E-state index contributed by atoms with van der Waals surface area (Å²) < 4.78 is 68.6. The molecule has 13 heteroatoms. The second-order valence-electron chi connectivity index (χ2n) is 7.88. The Bertz CT molecular complexity index is 1160. The van der Waals surface area contributed by atoms with Crippen LogP contribution in [-0.2, 0) is 14.3 Å². The first kappa shape index (κ1) is 26.9. The maximum absolute atomic E-state index is 14.7. The molecular weight excluding hydrogens is 492 g/mol. The number of halogens is 4. The topological polar surface area (TPSA) is 122 Å². The van der Waals surface area contributed by atoms with Gasteiger partial charge in [0.1, 0.15) is 17.1 Å². The highest BCUT2D eigenvalue weighted by Gasteiger charge is 2.33. The molecular formula is C23H22F4N2O7. The number of alkyl halides is 3. The van der Waals surface area contributed by atoms with E-state index in [-0.39, 0.29) is 17.6 Å². The van der Waals surface area contributed by atoms with E-state index in [9.17, 15) is 17.6 Å². The molecule has 36 heavy (non-hydrogen) atoms. The van der Waals surface area contributed by atoms with Crippen LogP contribution in [0.25, 0.3) is 11.1 Å². The Morgan fingerprint density at radius 2 is 1.75 bits per heavy atom. The van der Waals surface area contributed by atoms with Crippen molar-refractivity contribution in [1.29, 1.82) is 0 Å². The maximum atomic E-state index is 14.7. The van der Waals surface area contributed by atoms with Crippen LogP contribution in [0.15, 0.2) is 46.9 Å². The van der Waals surface area contributed by atoms with Crippen LogP contribution in [0.1, 0.15) is 30.4 Å². The molecule has 1 atom stereocenters. The number of aliphatic carboxylic acids is 2. The van der Waals surface area contributed by atoms with Crippen molar-refractivity contribution in [1.82, 2.24) is 9.88 Å². The predicted octanol–water partition coefficient (Wildman–Crippen LogP) is 4.22. The zero-order chi connectivity index (χ0) is 26.5. The maximum Gasteiger partial charge on any atom is 0.573 e. The number of ether oxygens (including phenoxy) is 2. The van der Waals surface area contributed by atoms with Crippen molar-refractivity contribution in [3.05, 3.63) is 59.7 Å². The smallest absolute Gasteiger partial charge is 0.473 e. The number of benzene rings is 2. The van der Waals surface area contributed by atoms with E-state index in [0.29, 0.717) is 23.9 Å². The quantitative estimate of drug-likeness (QED) is 0.381. The number of aromatic nitrogens is 1. The summed E-state index contributed by atoms with van der Waals surface area (Å²) in [4.78, 5) is 24.7. The van der Waals surface area contributed by atoms with E-state index in [1.54, 1.807) is 24.3 Å². The zero-order valence-electron chi connectivity index (χ0n) is 18.9. The van der Waals surface area contributed by atoms with Crippen LogP contribution in [0.4, 0.5) is 17.6 Å². The number of hydrogen-bond acceptors (Lipinski definition) is 7. The van der Waals surface area contributed by atoms with Crippen LogP contribution in [0.2, 0.25) is 0 Å². The molecule has 1 fully saturated rings. The third-order valence-corrected chi connectivity index (χ3v) is 5.20. The Morgan fingerprint density at radius 3 is 2.33 bits per heavy atom. The summed E-state index contributed by atoms with van der Waals surface area (Å²) in [6.45, 7) is 1.59. The van der Waals surface area contributed by atoms with Crippen molar-refractivity contribution < 1.29 is 51.3 Å². The summed E-state index contributed by atoms with van der Waals surface area (Å²) in [5.74, 6) is -4.83. The van der Waals surface area contributed by atoms with Gasteiger partial charge in [-0.05, 0) is 50.2 Å².